The number of anilines is 1. The Bertz CT molecular complexity index is 1650. The second-order valence-corrected chi connectivity index (χ2v) is 10.6. The van der Waals surface area contributed by atoms with Gasteiger partial charge in [0, 0.05) is 10.7 Å². The average Bonchev–Trinajstić information content (AvgIpc) is 3.17. The zero-order chi connectivity index (χ0) is 23.9. The maximum Gasteiger partial charge on any atom is 0.333 e. The van der Waals surface area contributed by atoms with Crippen molar-refractivity contribution < 1.29 is 17.6 Å². The lowest BCUT2D eigenvalue weighted by atomic mass is 10.2. The number of carbonyl (C=O) groups is 1. The summed E-state index contributed by atoms with van der Waals surface area (Å²) in [5.74, 6) is -1.02. The predicted molar refractivity (Wildman–Crippen MR) is 124 cm³/mol. The summed E-state index contributed by atoms with van der Waals surface area (Å²) in [5, 5.41) is 2.50. The van der Waals surface area contributed by atoms with Crippen molar-refractivity contribution in [1.82, 2.24) is 14.3 Å². The first kappa shape index (κ1) is 23.0. The summed E-state index contributed by atoms with van der Waals surface area (Å²) in [6.45, 7) is 0. The largest absolute Gasteiger partial charge is 0.333 e. The van der Waals surface area contributed by atoms with Gasteiger partial charge in [-0.2, -0.15) is 0 Å². The van der Waals surface area contributed by atoms with Gasteiger partial charge in [-0.05, 0) is 48.5 Å². The number of H-pyrrole nitrogens is 1. The minimum atomic E-state index is -4.18. The molecule has 0 aliphatic carbocycles. The number of amides is 2. The van der Waals surface area contributed by atoms with Gasteiger partial charge in [0.2, 0.25) is 0 Å². The highest BCUT2D eigenvalue weighted by Crippen LogP contribution is 2.25. The molecule has 14 heteroatoms. The third-order valence-corrected chi connectivity index (χ3v) is 7.64. The van der Waals surface area contributed by atoms with Gasteiger partial charge in [-0.15, -0.1) is 11.3 Å². The maximum absolute atomic E-state index is 14.8. The van der Waals surface area contributed by atoms with Crippen molar-refractivity contribution in [2.75, 3.05) is 5.32 Å². The van der Waals surface area contributed by atoms with Gasteiger partial charge >= 0.3 is 11.7 Å². The third-order valence-electron chi connectivity index (χ3n) is 4.35. The minimum Gasteiger partial charge on any atom is -0.307 e. The molecule has 9 nitrogen and oxygen atoms in total. The van der Waals surface area contributed by atoms with E-state index >= 15 is 0 Å². The molecular weight excluding hydrogens is 518 g/mol. The van der Waals surface area contributed by atoms with Gasteiger partial charge in [-0.3, -0.25) is 4.79 Å². The molecular formula is C19H11Cl2FN4O5S2. The molecule has 33 heavy (non-hydrogen) atoms. The molecule has 0 spiro atoms. The van der Waals surface area contributed by atoms with Crippen LogP contribution in [0.15, 0.2) is 62.3 Å². The number of nitrogens with one attached hydrogen (secondary N) is 3. The molecule has 2 amide bonds. The van der Waals surface area contributed by atoms with E-state index in [0.29, 0.717) is 4.57 Å². The number of urea groups is 1. The number of fused-ring (bicyclic) bond motifs is 1. The summed E-state index contributed by atoms with van der Waals surface area (Å²) in [4.78, 5) is 39.7. The van der Waals surface area contributed by atoms with Gasteiger partial charge in [0.15, 0.2) is 0 Å². The Morgan fingerprint density at radius 1 is 1.06 bits per heavy atom. The standard InChI is InChI=1S/C19H11Cl2FN4O5S2/c20-9-1-3-13-11(7-9)17(27)26(19(29)24-13)14-4-2-10(8-12(14)22)23-18(28)25-33(30,31)16-6-5-15(21)32-16/h1-8H,(H,24,29)(H2,23,25,28). The molecule has 2 aromatic carbocycles. The second-order valence-electron chi connectivity index (χ2n) is 6.54. The van der Waals surface area contributed by atoms with Crippen LogP contribution in [0.25, 0.3) is 16.6 Å². The number of sulfonamides is 1. The summed E-state index contributed by atoms with van der Waals surface area (Å²) < 4.78 is 41.5. The van der Waals surface area contributed by atoms with Gasteiger partial charge < -0.3 is 10.3 Å². The van der Waals surface area contributed by atoms with E-state index in [1.165, 1.54) is 36.4 Å². The molecule has 0 bridgehead atoms. The maximum atomic E-state index is 14.8. The minimum absolute atomic E-state index is 0.0713. The molecule has 0 aliphatic heterocycles. The fourth-order valence-electron chi connectivity index (χ4n) is 2.94. The lowest BCUT2D eigenvalue weighted by Gasteiger charge is -2.11. The first-order valence-corrected chi connectivity index (χ1v) is 11.9. The Labute approximate surface area is 198 Å². The molecule has 0 saturated carbocycles. The Hall–Kier alpha value is -3.19. The average molecular weight is 529 g/mol. The lowest BCUT2D eigenvalue weighted by molar-refractivity contribution is 0.256. The number of nitrogens with zero attached hydrogens (tertiary/aromatic N) is 1. The van der Waals surface area contributed by atoms with Crippen LogP contribution in [0.4, 0.5) is 14.9 Å². The third kappa shape index (κ3) is 4.64. The molecule has 0 aliphatic rings. The van der Waals surface area contributed by atoms with Crippen LogP contribution >= 0.6 is 34.5 Å². The van der Waals surface area contributed by atoms with Crippen LogP contribution in [0.3, 0.4) is 0 Å². The molecule has 0 radical (unpaired) electrons. The van der Waals surface area contributed by atoms with Crippen molar-refractivity contribution in [1.29, 1.82) is 0 Å². The molecule has 170 valence electrons. The van der Waals surface area contributed by atoms with Crippen LogP contribution in [-0.2, 0) is 10.0 Å². The molecule has 3 N–H and O–H groups in total. The number of hydrogen-bond acceptors (Lipinski definition) is 6. The molecule has 2 heterocycles. The number of halogens is 3. The number of rotatable bonds is 4. The Morgan fingerprint density at radius 3 is 2.48 bits per heavy atom. The van der Waals surface area contributed by atoms with E-state index in [4.69, 9.17) is 23.2 Å². The van der Waals surface area contributed by atoms with Gasteiger partial charge in [0.25, 0.3) is 15.6 Å². The van der Waals surface area contributed by atoms with Crippen LogP contribution in [0.2, 0.25) is 9.36 Å². The highest BCUT2D eigenvalue weighted by Gasteiger charge is 2.20. The summed E-state index contributed by atoms with van der Waals surface area (Å²) in [5.41, 5.74) is -1.95. The number of thiophene rings is 1. The van der Waals surface area contributed by atoms with E-state index < -0.39 is 33.1 Å². The topological polar surface area (TPSA) is 130 Å². The summed E-state index contributed by atoms with van der Waals surface area (Å²) in [6, 6.07) is 8.82. The highest BCUT2D eigenvalue weighted by atomic mass is 35.5. The van der Waals surface area contributed by atoms with Gasteiger partial charge in [-0.1, -0.05) is 23.2 Å². The van der Waals surface area contributed by atoms with Crippen LogP contribution in [0.5, 0.6) is 0 Å². The lowest BCUT2D eigenvalue weighted by Crippen LogP contribution is -2.35. The molecule has 4 aromatic rings. The van der Waals surface area contributed by atoms with Gasteiger partial charge in [0.1, 0.15) is 10.0 Å². The zero-order valence-electron chi connectivity index (χ0n) is 16.1. The molecule has 0 unspecified atom stereocenters. The first-order valence-electron chi connectivity index (χ1n) is 8.89. The quantitative estimate of drug-likeness (QED) is 0.371. The fraction of sp³-hybridized carbons (Fsp3) is 0. The predicted octanol–water partition coefficient (Wildman–Crippen LogP) is 3.70. The molecule has 0 atom stereocenters. The number of hydrogen-bond donors (Lipinski definition) is 3. The molecule has 4 rings (SSSR count). The van der Waals surface area contributed by atoms with E-state index in [1.54, 1.807) is 4.72 Å². The van der Waals surface area contributed by atoms with Crippen molar-refractivity contribution in [3.63, 3.8) is 0 Å². The molecule has 0 fully saturated rings. The number of carbonyl (C=O) groups excluding carboxylic acids is 1. The first-order chi connectivity index (χ1) is 15.5. The van der Waals surface area contributed by atoms with Crippen molar-refractivity contribution in [3.8, 4) is 5.69 Å². The van der Waals surface area contributed by atoms with Crippen molar-refractivity contribution in [3.05, 3.63) is 84.5 Å². The Morgan fingerprint density at radius 2 is 1.82 bits per heavy atom. The van der Waals surface area contributed by atoms with Crippen molar-refractivity contribution in [2.45, 2.75) is 4.21 Å². The number of aromatic nitrogens is 2. The summed E-state index contributed by atoms with van der Waals surface area (Å²) >= 11 is 12.4. The van der Waals surface area contributed by atoms with Crippen LogP contribution in [0.1, 0.15) is 0 Å². The number of benzene rings is 2. The Balaban J connectivity index is 1.62. The highest BCUT2D eigenvalue weighted by molar-refractivity contribution is 7.92. The normalized spacial score (nSPS) is 11.5. The monoisotopic (exact) mass is 528 g/mol. The number of aromatic amines is 1. The fourth-order valence-corrected chi connectivity index (χ4v) is 5.50. The smallest absolute Gasteiger partial charge is 0.307 e. The van der Waals surface area contributed by atoms with Crippen LogP contribution in [0, 0.1) is 5.82 Å². The van der Waals surface area contributed by atoms with Crippen molar-refractivity contribution in [2.24, 2.45) is 0 Å². The van der Waals surface area contributed by atoms with Gasteiger partial charge in [0.05, 0.1) is 20.9 Å². The SMILES string of the molecule is O=C(Nc1ccc(-n2c(=O)[nH]c3ccc(Cl)cc3c2=O)c(F)c1)NS(=O)(=O)c1ccc(Cl)s1. The van der Waals surface area contributed by atoms with E-state index in [9.17, 15) is 27.2 Å². The van der Waals surface area contributed by atoms with Gasteiger partial charge in [-0.25, -0.2) is 31.7 Å². The van der Waals surface area contributed by atoms with E-state index in [0.717, 1.165) is 23.5 Å². The van der Waals surface area contributed by atoms with Crippen LogP contribution in [-0.4, -0.2) is 24.0 Å². The second kappa shape index (κ2) is 8.63. The molecule has 2 aromatic heterocycles. The molecule has 0 saturated heterocycles. The zero-order valence-corrected chi connectivity index (χ0v) is 19.2. The van der Waals surface area contributed by atoms with E-state index in [2.05, 4.69) is 10.3 Å². The summed E-state index contributed by atoms with van der Waals surface area (Å²) in [7, 11) is -4.18. The van der Waals surface area contributed by atoms with E-state index in [-0.39, 0.29) is 35.8 Å². The Kier molecular flexibility index (Phi) is 6.01. The van der Waals surface area contributed by atoms with Crippen LogP contribution < -0.4 is 21.3 Å². The van der Waals surface area contributed by atoms with Crippen molar-refractivity contribution >= 4 is 67.2 Å². The summed E-state index contributed by atoms with van der Waals surface area (Å²) in [6.07, 6.45) is 0. The van der Waals surface area contributed by atoms with E-state index in [1.807, 2.05) is 0 Å².